The Balaban J connectivity index is 1.72. The van der Waals surface area contributed by atoms with Crippen LogP contribution in [-0.4, -0.2) is 27.3 Å². The minimum atomic E-state index is 0.169. The van der Waals surface area contributed by atoms with Gasteiger partial charge in [0, 0.05) is 23.5 Å². The number of thiazole rings is 2. The summed E-state index contributed by atoms with van der Waals surface area (Å²) in [4.78, 5) is 23.1. The van der Waals surface area contributed by atoms with Crippen molar-refractivity contribution in [2.75, 3.05) is 6.54 Å². The lowest BCUT2D eigenvalue weighted by molar-refractivity contribution is -0.131. The first kappa shape index (κ1) is 12.7. The van der Waals surface area contributed by atoms with Gasteiger partial charge in [-0.1, -0.05) is 0 Å². The van der Waals surface area contributed by atoms with Crippen molar-refractivity contribution in [3.8, 4) is 0 Å². The van der Waals surface area contributed by atoms with Gasteiger partial charge in [-0.05, 0) is 19.8 Å². The van der Waals surface area contributed by atoms with E-state index in [-0.39, 0.29) is 11.9 Å². The fraction of sp³-hybridized carbons (Fsp3) is 0.462. The molecule has 0 aliphatic carbocycles. The highest BCUT2D eigenvalue weighted by Gasteiger charge is 2.31. The van der Waals surface area contributed by atoms with Gasteiger partial charge in [0.05, 0.1) is 23.2 Å². The molecule has 0 N–H and O–H groups in total. The first-order valence-corrected chi connectivity index (χ1v) is 8.10. The Morgan fingerprint density at radius 1 is 1.53 bits per heavy atom. The number of carbonyl (C=O) groups is 1. The number of nitrogens with zero attached hydrogens (tertiary/aromatic N) is 3. The molecule has 2 aromatic heterocycles. The molecule has 1 unspecified atom stereocenters. The van der Waals surface area contributed by atoms with Gasteiger partial charge in [-0.25, -0.2) is 9.97 Å². The van der Waals surface area contributed by atoms with Crippen LogP contribution in [0, 0.1) is 6.92 Å². The summed E-state index contributed by atoms with van der Waals surface area (Å²) in [5.74, 6) is 0.169. The van der Waals surface area contributed by atoms with Crippen molar-refractivity contribution < 1.29 is 4.79 Å². The molecule has 6 heteroatoms. The molecule has 0 aromatic carbocycles. The van der Waals surface area contributed by atoms with E-state index < -0.39 is 0 Å². The Bertz CT molecular complexity index is 564. The van der Waals surface area contributed by atoms with E-state index in [1.165, 1.54) is 0 Å². The van der Waals surface area contributed by atoms with E-state index in [0.717, 1.165) is 35.1 Å². The zero-order chi connectivity index (χ0) is 13.2. The summed E-state index contributed by atoms with van der Waals surface area (Å²) in [7, 11) is 0. The van der Waals surface area contributed by atoms with Gasteiger partial charge in [0.25, 0.3) is 0 Å². The number of likely N-dealkylation sites (tertiary alicyclic amines) is 1. The van der Waals surface area contributed by atoms with Crippen LogP contribution in [-0.2, 0) is 11.2 Å². The number of carbonyl (C=O) groups excluding carboxylic acids is 1. The average Bonchev–Trinajstić information content (AvgIpc) is 3.07. The van der Waals surface area contributed by atoms with Crippen LogP contribution in [0.15, 0.2) is 17.0 Å². The summed E-state index contributed by atoms with van der Waals surface area (Å²) >= 11 is 3.23. The molecule has 19 heavy (non-hydrogen) atoms. The smallest absolute Gasteiger partial charge is 0.229 e. The molecule has 100 valence electrons. The molecule has 0 radical (unpaired) electrons. The molecule has 1 amide bonds. The molecule has 0 spiro atoms. The molecular formula is C13H15N3OS2. The Labute approximate surface area is 120 Å². The van der Waals surface area contributed by atoms with Gasteiger partial charge in [-0.3, -0.25) is 4.79 Å². The van der Waals surface area contributed by atoms with Crippen molar-refractivity contribution >= 4 is 28.6 Å². The number of amides is 1. The standard InChI is InChI=1S/C13H15N3OS2/c1-9-15-10(8-19-9)7-12(17)16-5-2-3-11(16)13-14-4-6-18-13/h4,6,8,11H,2-3,5,7H2,1H3. The van der Waals surface area contributed by atoms with E-state index in [0.29, 0.717) is 6.42 Å². The van der Waals surface area contributed by atoms with Crippen LogP contribution in [0.25, 0.3) is 0 Å². The highest BCUT2D eigenvalue weighted by Crippen LogP contribution is 2.33. The fourth-order valence-electron chi connectivity index (χ4n) is 2.47. The van der Waals surface area contributed by atoms with Crippen LogP contribution in [0.1, 0.15) is 34.6 Å². The maximum atomic E-state index is 12.4. The van der Waals surface area contributed by atoms with Crippen LogP contribution in [0.3, 0.4) is 0 Å². The lowest BCUT2D eigenvalue weighted by Crippen LogP contribution is -2.31. The van der Waals surface area contributed by atoms with Crippen molar-refractivity contribution in [3.05, 3.63) is 32.7 Å². The number of hydrogen-bond donors (Lipinski definition) is 0. The fourth-order valence-corrected chi connectivity index (χ4v) is 3.86. The van der Waals surface area contributed by atoms with Crippen molar-refractivity contribution in [1.29, 1.82) is 0 Å². The molecule has 1 fully saturated rings. The predicted molar refractivity (Wildman–Crippen MR) is 76.4 cm³/mol. The molecule has 0 saturated carbocycles. The molecule has 1 aliphatic rings. The molecule has 0 bridgehead atoms. The molecule has 3 rings (SSSR count). The largest absolute Gasteiger partial charge is 0.333 e. The van der Waals surface area contributed by atoms with Gasteiger partial charge in [0.2, 0.25) is 5.91 Å². The van der Waals surface area contributed by atoms with Crippen LogP contribution < -0.4 is 0 Å². The molecular weight excluding hydrogens is 278 g/mol. The summed E-state index contributed by atoms with van der Waals surface area (Å²) in [5, 5.41) is 6.02. The van der Waals surface area contributed by atoms with E-state index in [1.807, 2.05) is 28.8 Å². The van der Waals surface area contributed by atoms with Crippen LogP contribution >= 0.6 is 22.7 Å². The Morgan fingerprint density at radius 3 is 3.11 bits per heavy atom. The molecule has 3 heterocycles. The second kappa shape index (κ2) is 5.38. The van der Waals surface area contributed by atoms with Crippen molar-refractivity contribution in [1.82, 2.24) is 14.9 Å². The van der Waals surface area contributed by atoms with Gasteiger partial charge in [0.15, 0.2) is 0 Å². The van der Waals surface area contributed by atoms with Crippen molar-refractivity contribution in [2.45, 2.75) is 32.2 Å². The van der Waals surface area contributed by atoms with Gasteiger partial charge in [-0.2, -0.15) is 0 Å². The quantitative estimate of drug-likeness (QED) is 0.874. The third-order valence-corrected chi connectivity index (χ3v) is 5.01. The Kier molecular flexibility index (Phi) is 3.61. The Morgan fingerprint density at radius 2 is 2.42 bits per heavy atom. The van der Waals surface area contributed by atoms with Crippen LogP contribution in [0.4, 0.5) is 0 Å². The van der Waals surface area contributed by atoms with E-state index in [4.69, 9.17) is 0 Å². The van der Waals surface area contributed by atoms with Gasteiger partial charge < -0.3 is 4.90 Å². The summed E-state index contributed by atoms with van der Waals surface area (Å²) in [5.41, 5.74) is 0.886. The van der Waals surface area contributed by atoms with Crippen molar-refractivity contribution in [2.24, 2.45) is 0 Å². The van der Waals surface area contributed by atoms with E-state index in [1.54, 1.807) is 22.7 Å². The maximum absolute atomic E-state index is 12.4. The minimum absolute atomic E-state index is 0.169. The monoisotopic (exact) mass is 293 g/mol. The van der Waals surface area contributed by atoms with E-state index >= 15 is 0 Å². The third-order valence-electron chi connectivity index (χ3n) is 3.31. The number of rotatable bonds is 3. The summed E-state index contributed by atoms with van der Waals surface area (Å²) < 4.78 is 0. The SMILES string of the molecule is Cc1nc(CC(=O)N2CCCC2c2nccs2)cs1. The molecule has 1 saturated heterocycles. The maximum Gasteiger partial charge on any atom is 0.229 e. The molecule has 1 aliphatic heterocycles. The van der Waals surface area contributed by atoms with E-state index in [2.05, 4.69) is 9.97 Å². The lowest BCUT2D eigenvalue weighted by atomic mass is 10.2. The molecule has 1 atom stereocenters. The number of hydrogen-bond acceptors (Lipinski definition) is 5. The van der Waals surface area contributed by atoms with E-state index in [9.17, 15) is 4.79 Å². The molecule has 4 nitrogen and oxygen atoms in total. The summed E-state index contributed by atoms with van der Waals surface area (Å²) in [6.45, 7) is 2.80. The number of aryl methyl sites for hydroxylation is 1. The topological polar surface area (TPSA) is 46.1 Å². The second-order valence-electron chi connectivity index (χ2n) is 4.65. The van der Waals surface area contributed by atoms with Crippen LogP contribution in [0.5, 0.6) is 0 Å². The first-order chi connectivity index (χ1) is 9.24. The van der Waals surface area contributed by atoms with Gasteiger partial charge >= 0.3 is 0 Å². The zero-order valence-corrected chi connectivity index (χ0v) is 12.3. The summed E-state index contributed by atoms with van der Waals surface area (Å²) in [6, 6.07) is 0.173. The second-order valence-corrected chi connectivity index (χ2v) is 6.64. The summed E-state index contributed by atoms with van der Waals surface area (Å²) in [6.07, 6.45) is 4.30. The third kappa shape index (κ3) is 2.69. The lowest BCUT2D eigenvalue weighted by Gasteiger charge is -2.22. The predicted octanol–water partition coefficient (Wildman–Crippen LogP) is 2.81. The zero-order valence-electron chi connectivity index (χ0n) is 10.7. The average molecular weight is 293 g/mol. The van der Waals surface area contributed by atoms with Crippen LogP contribution in [0.2, 0.25) is 0 Å². The first-order valence-electron chi connectivity index (χ1n) is 6.34. The molecule has 2 aromatic rings. The normalized spacial score (nSPS) is 19.0. The minimum Gasteiger partial charge on any atom is -0.333 e. The van der Waals surface area contributed by atoms with Gasteiger partial charge in [0.1, 0.15) is 5.01 Å². The highest BCUT2D eigenvalue weighted by molar-refractivity contribution is 7.09. The van der Waals surface area contributed by atoms with Crippen molar-refractivity contribution in [3.63, 3.8) is 0 Å². The Hall–Kier alpha value is -1.27. The highest BCUT2D eigenvalue weighted by atomic mass is 32.1. The number of aromatic nitrogens is 2. The van der Waals surface area contributed by atoms with Gasteiger partial charge in [-0.15, -0.1) is 22.7 Å².